The Balaban J connectivity index is 1.80. The minimum absolute atomic E-state index is 0.213. The number of amides is 1. The molecular formula is C25H27NO4. The smallest absolute Gasteiger partial charge is 0.255 e. The van der Waals surface area contributed by atoms with Gasteiger partial charge < -0.3 is 19.5 Å². The van der Waals surface area contributed by atoms with Crippen LogP contribution in [-0.4, -0.2) is 20.1 Å². The van der Waals surface area contributed by atoms with Crippen LogP contribution in [0.1, 0.15) is 32.6 Å². The number of hydrogen-bond donors (Lipinski definition) is 1. The molecule has 3 aromatic rings. The number of aryl methyl sites for hydroxylation is 2. The van der Waals surface area contributed by atoms with E-state index in [0.717, 1.165) is 22.4 Å². The first-order valence-electron chi connectivity index (χ1n) is 9.74. The van der Waals surface area contributed by atoms with Crippen LogP contribution in [0.2, 0.25) is 0 Å². The molecule has 0 heterocycles. The molecule has 0 aliphatic carbocycles. The molecule has 0 radical (unpaired) electrons. The van der Waals surface area contributed by atoms with Gasteiger partial charge in [0.05, 0.1) is 14.2 Å². The Kier molecular flexibility index (Phi) is 6.62. The third kappa shape index (κ3) is 4.92. The summed E-state index contributed by atoms with van der Waals surface area (Å²) < 4.78 is 16.8. The quantitative estimate of drug-likeness (QED) is 0.567. The molecule has 0 aliphatic heterocycles. The molecule has 30 heavy (non-hydrogen) atoms. The molecule has 5 heteroatoms. The van der Waals surface area contributed by atoms with Crippen LogP contribution < -0.4 is 19.5 Å². The Labute approximate surface area is 177 Å². The normalized spacial score (nSPS) is 10.4. The SMILES string of the molecule is COc1cccc(NC(=O)c2ccc(OC)c(COc3cc(C)cc(C)c3C)c2)c1. The summed E-state index contributed by atoms with van der Waals surface area (Å²) in [7, 11) is 3.20. The third-order valence-electron chi connectivity index (χ3n) is 5.02. The maximum Gasteiger partial charge on any atom is 0.255 e. The van der Waals surface area contributed by atoms with Crippen molar-refractivity contribution >= 4 is 11.6 Å². The summed E-state index contributed by atoms with van der Waals surface area (Å²) in [5.41, 5.74) is 5.42. The summed E-state index contributed by atoms with van der Waals surface area (Å²) in [6.07, 6.45) is 0. The Bertz CT molecular complexity index is 1060. The average molecular weight is 405 g/mol. The molecule has 0 saturated heterocycles. The Morgan fingerprint density at radius 3 is 2.43 bits per heavy atom. The van der Waals surface area contributed by atoms with Crippen LogP contribution in [-0.2, 0) is 6.61 Å². The van der Waals surface area contributed by atoms with Crippen LogP contribution in [0.25, 0.3) is 0 Å². The molecule has 5 nitrogen and oxygen atoms in total. The van der Waals surface area contributed by atoms with Crippen molar-refractivity contribution in [1.29, 1.82) is 0 Å². The van der Waals surface area contributed by atoms with Gasteiger partial charge in [0.1, 0.15) is 23.9 Å². The number of nitrogens with one attached hydrogen (secondary N) is 1. The van der Waals surface area contributed by atoms with Gasteiger partial charge >= 0.3 is 0 Å². The third-order valence-corrected chi connectivity index (χ3v) is 5.02. The maximum absolute atomic E-state index is 12.7. The van der Waals surface area contributed by atoms with Crippen molar-refractivity contribution in [1.82, 2.24) is 0 Å². The van der Waals surface area contributed by atoms with Crippen LogP contribution in [0.4, 0.5) is 5.69 Å². The first-order valence-corrected chi connectivity index (χ1v) is 9.74. The van der Waals surface area contributed by atoms with E-state index in [0.29, 0.717) is 29.4 Å². The van der Waals surface area contributed by atoms with Crippen molar-refractivity contribution in [2.75, 3.05) is 19.5 Å². The van der Waals surface area contributed by atoms with Crippen molar-refractivity contribution in [3.8, 4) is 17.2 Å². The van der Waals surface area contributed by atoms with E-state index in [1.165, 1.54) is 5.56 Å². The van der Waals surface area contributed by atoms with E-state index in [1.54, 1.807) is 38.5 Å². The minimum atomic E-state index is -0.213. The van der Waals surface area contributed by atoms with Crippen molar-refractivity contribution in [3.63, 3.8) is 0 Å². The largest absolute Gasteiger partial charge is 0.497 e. The van der Waals surface area contributed by atoms with E-state index in [2.05, 4.69) is 18.3 Å². The van der Waals surface area contributed by atoms with Gasteiger partial charge in [-0.25, -0.2) is 0 Å². The van der Waals surface area contributed by atoms with Gasteiger partial charge in [-0.15, -0.1) is 0 Å². The summed E-state index contributed by atoms with van der Waals surface area (Å²) in [4.78, 5) is 12.7. The predicted octanol–water partition coefficient (Wildman–Crippen LogP) is 5.46. The summed E-state index contributed by atoms with van der Waals surface area (Å²) >= 11 is 0. The van der Waals surface area contributed by atoms with E-state index in [1.807, 2.05) is 38.1 Å². The number of carbonyl (C=O) groups is 1. The molecule has 0 bridgehead atoms. The molecule has 3 rings (SSSR count). The van der Waals surface area contributed by atoms with Crippen molar-refractivity contribution < 1.29 is 19.0 Å². The molecule has 1 amide bonds. The van der Waals surface area contributed by atoms with Crippen molar-refractivity contribution in [2.24, 2.45) is 0 Å². The molecule has 0 fully saturated rings. The highest BCUT2D eigenvalue weighted by Gasteiger charge is 2.13. The fourth-order valence-corrected chi connectivity index (χ4v) is 3.24. The summed E-state index contributed by atoms with van der Waals surface area (Å²) in [6, 6.07) is 16.7. The molecule has 0 saturated carbocycles. The van der Waals surface area contributed by atoms with Crippen LogP contribution in [0.3, 0.4) is 0 Å². The molecule has 1 N–H and O–H groups in total. The fourth-order valence-electron chi connectivity index (χ4n) is 3.24. The highest BCUT2D eigenvalue weighted by atomic mass is 16.5. The monoisotopic (exact) mass is 405 g/mol. The van der Waals surface area contributed by atoms with Gasteiger partial charge in [-0.2, -0.15) is 0 Å². The van der Waals surface area contributed by atoms with Gasteiger partial charge in [-0.3, -0.25) is 4.79 Å². The lowest BCUT2D eigenvalue weighted by Gasteiger charge is -2.15. The zero-order valence-corrected chi connectivity index (χ0v) is 18.0. The number of rotatable bonds is 7. The number of carbonyl (C=O) groups excluding carboxylic acids is 1. The molecule has 3 aromatic carbocycles. The summed E-state index contributed by atoms with van der Waals surface area (Å²) in [5, 5.41) is 2.89. The zero-order chi connectivity index (χ0) is 21.7. The standard InChI is InChI=1S/C25H27NO4/c1-16-11-17(2)18(3)24(12-16)30-15-20-13-19(9-10-23(20)29-5)25(27)26-21-7-6-8-22(14-21)28-4/h6-14H,15H2,1-5H3,(H,26,27). The zero-order valence-electron chi connectivity index (χ0n) is 18.0. The second-order valence-corrected chi connectivity index (χ2v) is 7.21. The summed E-state index contributed by atoms with van der Waals surface area (Å²) in [5.74, 6) is 1.98. The van der Waals surface area contributed by atoms with Gasteiger partial charge in [-0.1, -0.05) is 12.1 Å². The van der Waals surface area contributed by atoms with E-state index in [4.69, 9.17) is 14.2 Å². The predicted molar refractivity (Wildman–Crippen MR) is 119 cm³/mol. The van der Waals surface area contributed by atoms with Crippen LogP contribution >= 0.6 is 0 Å². The van der Waals surface area contributed by atoms with Crippen molar-refractivity contribution in [3.05, 3.63) is 82.4 Å². The summed E-state index contributed by atoms with van der Waals surface area (Å²) in [6.45, 7) is 6.45. The molecule has 156 valence electrons. The Morgan fingerprint density at radius 1 is 0.900 bits per heavy atom. The van der Waals surface area contributed by atoms with Gasteiger partial charge in [0.2, 0.25) is 0 Å². The molecular weight excluding hydrogens is 378 g/mol. The highest BCUT2D eigenvalue weighted by Crippen LogP contribution is 2.27. The minimum Gasteiger partial charge on any atom is -0.497 e. The van der Waals surface area contributed by atoms with Crippen molar-refractivity contribution in [2.45, 2.75) is 27.4 Å². The second kappa shape index (κ2) is 9.35. The van der Waals surface area contributed by atoms with Gasteiger partial charge in [0.25, 0.3) is 5.91 Å². The van der Waals surface area contributed by atoms with Gasteiger partial charge in [0, 0.05) is 22.9 Å². The van der Waals surface area contributed by atoms with E-state index >= 15 is 0 Å². The Hall–Kier alpha value is -3.47. The number of ether oxygens (including phenoxy) is 3. The lowest BCUT2D eigenvalue weighted by molar-refractivity contribution is 0.102. The maximum atomic E-state index is 12.7. The number of methoxy groups -OCH3 is 2. The molecule has 0 spiro atoms. The fraction of sp³-hybridized carbons (Fsp3) is 0.240. The van der Waals surface area contributed by atoms with Gasteiger partial charge in [0.15, 0.2) is 0 Å². The first-order chi connectivity index (χ1) is 14.4. The highest BCUT2D eigenvalue weighted by molar-refractivity contribution is 6.04. The molecule has 0 aliphatic rings. The van der Waals surface area contributed by atoms with Crippen LogP contribution in [0.15, 0.2) is 54.6 Å². The number of hydrogen-bond acceptors (Lipinski definition) is 4. The number of anilines is 1. The van der Waals surface area contributed by atoms with Crippen LogP contribution in [0.5, 0.6) is 17.2 Å². The lowest BCUT2D eigenvalue weighted by atomic mass is 10.1. The molecule has 0 unspecified atom stereocenters. The first kappa shape index (κ1) is 21.2. The lowest BCUT2D eigenvalue weighted by Crippen LogP contribution is -2.13. The molecule has 0 atom stereocenters. The van der Waals surface area contributed by atoms with Gasteiger partial charge in [-0.05, 0) is 73.9 Å². The van der Waals surface area contributed by atoms with Crippen LogP contribution in [0, 0.1) is 20.8 Å². The Morgan fingerprint density at radius 2 is 1.70 bits per heavy atom. The van der Waals surface area contributed by atoms with E-state index < -0.39 is 0 Å². The average Bonchev–Trinajstić information content (AvgIpc) is 2.75. The van der Waals surface area contributed by atoms with E-state index in [9.17, 15) is 4.79 Å². The number of benzene rings is 3. The topological polar surface area (TPSA) is 56.8 Å². The van der Waals surface area contributed by atoms with E-state index in [-0.39, 0.29) is 5.91 Å². The second-order valence-electron chi connectivity index (χ2n) is 7.21. The molecule has 0 aromatic heterocycles.